The Hall–Kier alpha value is -4.00. The summed E-state index contributed by atoms with van der Waals surface area (Å²) in [5, 5.41) is 2.76. The summed E-state index contributed by atoms with van der Waals surface area (Å²) in [4.78, 5) is 31.7. The van der Waals surface area contributed by atoms with E-state index in [2.05, 4.69) is 5.32 Å². The predicted molar refractivity (Wildman–Crippen MR) is 130 cm³/mol. The fourth-order valence-corrected chi connectivity index (χ4v) is 3.88. The standard InChI is InChI=1S/C27H27FN4O2/c1-31(18-20-10-3-2-4-11-20)26(33)19-32-24-15-8-7-14-23(24)30-25(32)16-9-17-29-27(34)21-12-5-6-13-22(21)28/h2-8,10-15H,9,16-19H2,1H3,(H,29,34). The van der Waals surface area contributed by atoms with Crippen LogP contribution in [0.15, 0.2) is 78.9 Å². The number of hydrogen-bond donors (Lipinski definition) is 1. The van der Waals surface area contributed by atoms with Gasteiger partial charge in [0.25, 0.3) is 5.91 Å². The number of para-hydroxylation sites is 2. The van der Waals surface area contributed by atoms with Crippen molar-refractivity contribution in [3.63, 3.8) is 0 Å². The minimum atomic E-state index is -0.542. The third-order valence-electron chi connectivity index (χ3n) is 5.70. The summed E-state index contributed by atoms with van der Waals surface area (Å²) in [7, 11) is 1.80. The van der Waals surface area contributed by atoms with E-state index in [-0.39, 0.29) is 18.0 Å². The molecule has 0 fully saturated rings. The Kier molecular flexibility index (Phi) is 7.32. The Balaban J connectivity index is 1.41. The molecule has 0 atom stereocenters. The summed E-state index contributed by atoms with van der Waals surface area (Å²) in [5.41, 5.74) is 2.82. The molecule has 34 heavy (non-hydrogen) atoms. The number of nitrogens with one attached hydrogen (secondary N) is 1. The average Bonchev–Trinajstić information content (AvgIpc) is 3.19. The molecule has 1 heterocycles. The van der Waals surface area contributed by atoms with Crippen molar-refractivity contribution in [2.45, 2.75) is 25.9 Å². The molecule has 4 rings (SSSR count). The summed E-state index contributed by atoms with van der Waals surface area (Å²) in [5.74, 6) is -0.215. The predicted octanol–water partition coefficient (Wildman–Crippen LogP) is 4.20. The van der Waals surface area contributed by atoms with Gasteiger partial charge in [-0.1, -0.05) is 54.6 Å². The molecule has 7 heteroatoms. The molecule has 0 aliphatic rings. The summed E-state index contributed by atoms with van der Waals surface area (Å²) < 4.78 is 15.7. The Morgan fingerprint density at radius 2 is 1.68 bits per heavy atom. The van der Waals surface area contributed by atoms with Crippen LogP contribution in [0, 0.1) is 5.82 Å². The third kappa shape index (κ3) is 5.49. The molecule has 6 nitrogen and oxygen atoms in total. The maximum Gasteiger partial charge on any atom is 0.254 e. The lowest BCUT2D eigenvalue weighted by Gasteiger charge is -2.19. The topological polar surface area (TPSA) is 67.2 Å². The van der Waals surface area contributed by atoms with Crippen LogP contribution in [0.4, 0.5) is 4.39 Å². The molecule has 0 unspecified atom stereocenters. The lowest BCUT2D eigenvalue weighted by Crippen LogP contribution is -2.30. The first-order chi connectivity index (χ1) is 16.5. The highest BCUT2D eigenvalue weighted by atomic mass is 19.1. The first kappa shape index (κ1) is 23.2. The molecule has 1 aromatic heterocycles. The second-order valence-electron chi connectivity index (χ2n) is 8.18. The van der Waals surface area contributed by atoms with Gasteiger partial charge in [-0.05, 0) is 36.2 Å². The van der Waals surface area contributed by atoms with Crippen molar-refractivity contribution in [2.75, 3.05) is 13.6 Å². The number of likely N-dealkylation sites (N-methyl/N-ethyl adjacent to an activating group) is 1. The Morgan fingerprint density at radius 3 is 2.47 bits per heavy atom. The van der Waals surface area contributed by atoms with Crippen molar-refractivity contribution in [3.05, 3.63) is 102 Å². The van der Waals surface area contributed by atoms with Crippen LogP contribution in [-0.2, 0) is 24.3 Å². The molecule has 2 amide bonds. The molecule has 0 spiro atoms. The molecule has 0 saturated carbocycles. The molecule has 4 aromatic rings. The Morgan fingerprint density at radius 1 is 0.971 bits per heavy atom. The van der Waals surface area contributed by atoms with Crippen LogP contribution in [0.5, 0.6) is 0 Å². The molecule has 1 N–H and O–H groups in total. The maximum absolute atomic E-state index is 13.8. The number of hydrogen-bond acceptors (Lipinski definition) is 3. The van der Waals surface area contributed by atoms with E-state index in [1.807, 2.05) is 59.2 Å². The van der Waals surface area contributed by atoms with Crippen LogP contribution >= 0.6 is 0 Å². The van der Waals surface area contributed by atoms with E-state index in [0.29, 0.717) is 25.9 Å². The molecule has 0 radical (unpaired) electrons. The van der Waals surface area contributed by atoms with Gasteiger partial charge in [-0.25, -0.2) is 9.37 Å². The van der Waals surface area contributed by atoms with Gasteiger partial charge in [-0.2, -0.15) is 0 Å². The van der Waals surface area contributed by atoms with Gasteiger partial charge >= 0.3 is 0 Å². The monoisotopic (exact) mass is 458 g/mol. The molecule has 0 bridgehead atoms. The highest BCUT2D eigenvalue weighted by Crippen LogP contribution is 2.18. The number of benzene rings is 3. The minimum absolute atomic E-state index is 0.0129. The largest absolute Gasteiger partial charge is 0.352 e. The number of amides is 2. The second kappa shape index (κ2) is 10.7. The van der Waals surface area contributed by atoms with E-state index in [0.717, 1.165) is 22.4 Å². The number of aryl methyl sites for hydroxylation is 1. The molecule has 174 valence electrons. The fourth-order valence-electron chi connectivity index (χ4n) is 3.88. The van der Waals surface area contributed by atoms with Gasteiger partial charge in [0.1, 0.15) is 18.2 Å². The van der Waals surface area contributed by atoms with Crippen molar-refractivity contribution < 1.29 is 14.0 Å². The maximum atomic E-state index is 13.8. The second-order valence-corrected chi connectivity index (χ2v) is 8.18. The van der Waals surface area contributed by atoms with Crippen LogP contribution in [0.25, 0.3) is 11.0 Å². The molecule has 3 aromatic carbocycles. The summed E-state index contributed by atoms with van der Waals surface area (Å²) in [6.07, 6.45) is 1.18. The van der Waals surface area contributed by atoms with E-state index in [1.165, 1.54) is 12.1 Å². The highest BCUT2D eigenvalue weighted by molar-refractivity contribution is 5.94. The molecule has 0 aliphatic carbocycles. The quantitative estimate of drug-likeness (QED) is 0.383. The van der Waals surface area contributed by atoms with Crippen LogP contribution < -0.4 is 5.32 Å². The van der Waals surface area contributed by atoms with Crippen molar-refractivity contribution >= 4 is 22.8 Å². The number of halogens is 1. The van der Waals surface area contributed by atoms with Crippen LogP contribution in [-0.4, -0.2) is 39.9 Å². The van der Waals surface area contributed by atoms with Gasteiger partial charge in [0, 0.05) is 26.6 Å². The van der Waals surface area contributed by atoms with Crippen molar-refractivity contribution in [1.82, 2.24) is 19.8 Å². The number of carbonyl (C=O) groups is 2. The normalized spacial score (nSPS) is 10.9. The summed E-state index contributed by atoms with van der Waals surface area (Å²) in [6, 6.07) is 23.5. The molecule has 0 aliphatic heterocycles. The zero-order valence-electron chi connectivity index (χ0n) is 19.1. The lowest BCUT2D eigenvalue weighted by molar-refractivity contribution is -0.131. The minimum Gasteiger partial charge on any atom is -0.352 e. The van der Waals surface area contributed by atoms with E-state index in [9.17, 15) is 14.0 Å². The van der Waals surface area contributed by atoms with Crippen LogP contribution in [0.3, 0.4) is 0 Å². The van der Waals surface area contributed by atoms with Crippen LogP contribution in [0.1, 0.15) is 28.2 Å². The first-order valence-electron chi connectivity index (χ1n) is 11.3. The zero-order chi connectivity index (χ0) is 23.9. The summed E-state index contributed by atoms with van der Waals surface area (Å²) >= 11 is 0. The molecule has 0 saturated heterocycles. The average molecular weight is 459 g/mol. The third-order valence-corrected chi connectivity index (χ3v) is 5.70. The van der Waals surface area contributed by atoms with E-state index >= 15 is 0 Å². The van der Waals surface area contributed by atoms with E-state index in [1.54, 1.807) is 24.1 Å². The number of imidazole rings is 1. The summed E-state index contributed by atoms with van der Waals surface area (Å²) in [6.45, 7) is 1.09. The van der Waals surface area contributed by atoms with Gasteiger partial charge < -0.3 is 14.8 Å². The Bertz CT molecular complexity index is 1290. The van der Waals surface area contributed by atoms with E-state index in [4.69, 9.17) is 4.98 Å². The smallest absolute Gasteiger partial charge is 0.254 e. The molecular formula is C27H27FN4O2. The number of aromatic nitrogens is 2. The van der Waals surface area contributed by atoms with Crippen LogP contribution in [0.2, 0.25) is 0 Å². The van der Waals surface area contributed by atoms with Crippen molar-refractivity contribution in [2.24, 2.45) is 0 Å². The zero-order valence-corrected chi connectivity index (χ0v) is 19.1. The number of carbonyl (C=O) groups excluding carboxylic acids is 2. The van der Waals surface area contributed by atoms with Gasteiger partial charge in [-0.3, -0.25) is 9.59 Å². The van der Waals surface area contributed by atoms with Gasteiger partial charge in [0.15, 0.2) is 0 Å². The number of fused-ring (bicyclic) bond motifs is 1. The van der Waals surface area contributed by atoms with Crippen molar-refractivity contribution in [1.29, 1.82) is 0 Å². The SMILES string of the molecule is CN(Cc1ccccc1)C(=O)Cn1c(CCCNC(=O)c2ccccc2F)nc2ccccc21. The first-order valence-corrected chi connectivity index (χ1v) is 11.3. The molecular weight excluding hydrogens is 431 g/mol. The number of nitrogens with zero attached hydrogens (tertiary/aromatic N) is 3. The van der Waals surface area contributed by atoms with Gasteiger partial charge in [-0.15, -0.1) is 0 Å². The highest BCUT2D eigenvalue weighted by Gasteiger charge is 2.17. The fraction of sp³-hybridized carbons (Fsp3) is 0.222. The Labute approximate surface area is 198 Å². The van der Waals surface area contributed by atoms with Gasteiger partial charge in [0.2, 0.25) is 5.91 Å². The number of rotatable bonds is 9. The van der Waals surface area contributed by atoms with E-state index < -0.39 is 11.7 Å². The lowest BCUT2D eigenvalue weighted by atomic mass is 10.2. The van der Waals surface area contributed by atoms with Gasteiger partial charge in [0.05, 0.1) is 16.6 Å². The van der Waals surface area contributed by atoms with Crippen molar-refractivity contribution in [3.8, 4) is 0 Å².